The summed E-state index contributed by atoms with van der Waals surface area (Å²) in [5, 5.41) is 13.2. The molecule has 3 aromatic rings. The van der Waals surface area contributed by atoms with Gasteiger partial charge in [0.05, 0.1) is 0 Å². The van der Waals surface area contributed by atoms with Crippen LogP contribution in [0.5, 0.6) is 0 Å². The van der Waals surface area contributed by atoms with Crippen molar-refractivity contribution in [1.29, 1.82) is 0 Å². The number of anilines is 2. The Morgan fingerprint density at radius 1 is 0.960 bits per heavy atom. The van der Waals surface area contributed by atoms with Crippen molar-refractivity contribution in [1.82, 2.24) is 10.2 Å². The first-order chi connectivity index (χ1) is 12.1. The highest BCUT2D eigenvalue weighted by Gasteiger charge is 2.09. The number of nitrogens with zero attached hydrogens (tertiary/aromatic N) is 2. The zero-order valence-electron chi connectivity index (χ0n) is 13.0. The summed E-state index contributed by atoms with van der Waals surface area (Å²) >= 11 is 0. The number of hydrogen-bond donors (Lipinski definition) is 2. The quantitative estimate of drug-likeness (QED) is 0.744. The summed E-state index contributed by atoms with van der Waals surface area (Å²) in [5.41, 5.74) is 0.909. The van der Waals surface area contributed by atoms with Gasteiger partial charge >= 0.3 is 0 Å². The van der Waals surface area contributed by atoms with Gasteiger partial charge in [0.1, 0.15) is 17.5 Å². The molecule has 0 aliphatic heterocycles. The summed E-state index contributed by atoms with van der Waals surface area (Å²) in [4.78, 5) is 12.1. The molecule has 0 atom stereocenters. The average Bonchev–Trinajstić information content (AvgIpc) is 2.61. The minimum Gasteiger partial charge on any atom is -0.364 e. The predicted octanol–water partition coefficient (Wildman–Crippen LogP) is 3.62. The van der Waals surface area contributed by atoms with E-state index < -0.39 is 11.7 Å². The predicted molar refractivity (Wildman–Crippen MR) is 90.1 cm³/mol. The van der Waals surface area contributed by atoms with Crippen LogP contribution in [-0.4, -0.2) is 16.1 Å². The molecule has 7 heteroatoms. The molecule has 126 valence electrons. The third kappa shape index (κ3) is 4.35. The van der Waals surface area contributed by atoms with E-state index in [1.165, 1.54) is 30.3 Å². The van der Waals surface area contributed by atoms with Crippen molar-refractivity contribution in [3.05, 3.63) is 83.6 Å². The van der Waals surface area contributed by atoms with Crippen LogP contribution < -0.4 is 10.6 Å². The van der Waals surface area contributed by atoms with E-state index in [4.69, 9.17) is 0 Å². The first-order valence-corrected chi connectivity index (χ1v) is 7.50. The first-order valence-electron chi connectivity index (χ1n) is 7.50. The van der Waals surface area contributed by atoms with E-state index >= 15 is 0 Å². The standard InChI is InChI=1S/C18H14F2N4O/c19-13-5-3-6-14(10-13)22-18(25)16-8-9-17(24-23-16)21-11-12-4-1-2-7-15(12)20/h1-10H,11H2,(H,21,24)(H,22,25). The third-order valence-corrected chi connectivity index (χ3v) is 3.40. The number of carbonyl (C=O) groups excluding carboxylic acids is 1. The topological polar surface area (TPSA) is 66.9 Å². The first kappa shape index (κ1) is 16.5. The van der Waals surface area contributed by atoms with E-state index in [0.717, 1.165) is 0 Å². The molecule has 25 heavy (non-hydrogen) atoms. The molecule has 5 nitrogen and oxygen atoms in total. The maximum absolute atomic E-state index is 13.5. The van der Waals surface area contributed by atoms with E-state index in [1.54, 1.807) is 30.3 Å². The summed E-state index contributed by atoms with van der Waals surface area (Å²) in [6.45, 7) is 0.246. The normalized spacial score (nSPS) is 10.3. The van der Waals surface area contributed by atoms with Crippen LogP contribution in [0.1, 0.15) is 16.1 Å². The lowest BCUT2D eigenvalue weighted by Gasteiger charge is -2.07. The SMILES string of the molecule is O=C(Nc1cccc(F)c1)c1ccc(NCc2ccccc2F)nn1. The monoisotopic (exact) mass is 340 g/mol. The number of nitrogens with one attached hydrogen (secondary N) is 2. The molecule has 0 radical (unpaired) electrons. The Kier molecular flexibility index (Phi) is 4.94. The Morgan fingerprint density at radius 2 is 1.80 bits per heavy atom. The van der Waals surface area contributed by atoms with Gasteiger partial charge in [-0.3, -0.25) is 4.79 Å². The number of benzene rings is 2. The second-order valence-corrected chi connectivity index (χ2v) is 5.21. The summed E-state index contributed by atoms with van der Waals surface area (Å²) < 4.78 is 26.7. The molecule has 0 fully saturated rings. The van der Waals surface area contributed by atoms with Gasteiger partial charge in [0.2, 0.25) is 0 Å². The van der Waals surface area contributed by atoms with Crippen molar-refractivity contribution in [3.63, 3.8) is 0 Å². The lowest BCUT2D eigenvalue weighted by Crippen LogP contribution is -2.15. The minimum atomic E-state index is -0.501. The molecule has 0 saturated heterocycles. The fourth-order valence-electron chi connectivity index (χ4n) is 2.14. The van der Waals surface area contributed by atoms with E-state index in [1.807, 2.05) is 0 Å². The van der Waals surface area contributed by atoms with Crippen molar-refractivity contribution in [2.45, 2.75) is 6.54 Å². The molecule has 2 N–H and O–H groups in total. The molecule has 0 unspecified atom stereocenters. The molecular weight excluding hydrogens is 326 g/mol. The maximum Gasteiger partial charge on any atom is 0.276 e. The van der Waals surface area contributed by atoms with Crippen molar-refractivity contribution >= 4 is 17.4 Å². The molecule has 1 heterocycles. The van der Waals surface area contributed by atoms with Gasteiger partial charge in [0.25, 0.3) is 5.91 Å². The number of aromatic nitrogens is 2. The number of amides is 1. The van der Waals surface area contributed by atoms with E-state index in [-0.39, 0.29) is 18.1 Å². The van der Waals surface area contributed by atoms with Gasteiger partial charge in [0.15, 0.2) is 5.69 Å². The van der Waals surface area contributed by atoms with Crippen LogP contribution >= 0.6 is 0 Å². The summed E-state index contributed by atoms with van der Waals surface area (Å²) in [6.07, 6.45) is 0. The molecule has 0 aliphatic rings. The number of rotatable bonds is 5. The van der Waals surface area contributed by atoms with Crippen molar-refractivity contribution in [2.24, 2.45) is 0 Å². The van der Waals surface area contributed by atoms with E-state index in [2.05, 4.69) is 20.8 Å². The molecular formula is C18H14F2N4O. The van der Waals surface area contributed by atoms with Gasteiger partial charge in [-0.2, -0.15) is 0 Å². The number of halogens is 2. The van der Waals surface area contributed by atoms with Crippen LogP contribution in [0.3, 0.4) is 0 Å². The molecule has 1 amide bonds. The lowest BCUT2D eigenvalue weighted by molar-refractivity contribution is 0.102. The molecule has 3 rings (SSSR count). The average molecular weight is 340 g/mol. The molecule has 0 bridgehead atoms. The zero-order chi connectivity index (χ0) is 17.6. The van der Waals surface area contributed by atoms with Crippen LogP contribution in [0.4, 0.5) is 20.3 Å². The van der Waals surface area contributed by atoms with E-state index in [0.29, 0.717) is 17.1 Å². The Labute approximate surface area is 142 Å². The second kappa shape index (κ2) is 7.48. The Morgan fingerprint density at radius 3 is 2.52 bits per heavy atom. The smallest absolute Gasteiger partial charge is 0.276 e. The third-order valence-electron chi connectivity index (χ3n) is 3.40. The van der Waals surface area contributed by atoms with Crippen molar-refractivity contribution < 1.29 is 13.6 Å². The summed E-state index contributed by atoms with van der Waals surface area (Å²) in [7, 11) is 0. The van der Waals surface area contributed by atoms with Crippen LogP contribution in [0, 0.1) is 11.6 Å². The van der Waals surface area contributed by atoms with Gasteiger partial charge in [-0.05, 0) is 36.4 Å². The largest absolute Gasteiger partial charge is 0.364 e. The molecule has 2 aromatic carbocycles. The van der Waals surface area contributed by atoms with Crippen LogP contribution in [-0.2, 0) is 6.54 Å². The number of carbonyl (C=O) groups is 1. The van der Waals surface area contributed by atoms with Gasteiger partial charge < -0.3 is 10.6 Å². The minimum absolute atomic E-state index is 0.0840. The highest BCUT2D eigenvalue weighted by molar-refractivity contribution is 6.02. The molecule has 0 spiro atoms. The fourth-order valence-corrected chi connectivity index (χ4v) is 2.14. The van der Waals surface area contributed by atoms with Gasteiger partial charge in [-0.15, -0.1) is 10.2 Å². The van der Waals surface area contributed by atoms with Gasteiger partial charge in [-0.1, -0.05) is 24.3 Å². The van der Waals surface area contributed by atoms with Crippen LogP contribution in [0.15, 0.2) is 60.7 Å². The van der Waals surface area contributed by atoms with E-state index in [9.17, 15) is 13.6 Å². The second-order valence-electron chi connectivity index (χ2n) is 5.21. The molecule has 1 aromatic heterocycles. The Hall–Kier alpha value is -3.35. The van der Waals surface area contributed by atoms with Crippen LogP contribution in [0.2, 0.25) is 0 Å². The Balaban J connectivity index is 1.61. The summed E-state index contributed by atoms with van der Waals surface area (Å²) in [6, 6.07) is 15.0. The maximum atomic E-state index is 13.5. The van der Waals surface area contributed by atoms with Crippen molar-refractivity contribution in [2.75, 3.05) is 10.6 Å². The van der Waals surface area contributed by atoms with Gasteiger partial charge in [-0.25, -0.2) is 8.78 Å². The highest BCUT2D eigenvalue weighted by atomic mass is 19.1. The van der Waals surface area contributed by atoms with Crippen LogP contribution in [0.25, 0.3) is 0 Å². The Bertz CT molecular complexity index is 884. The number of hydrogen-bond acceptors (Lipinski definition) is 4. The molecule has 0 aliphatic carbocycles. The fraction of sp³-hybridized carbons (Fsp3) is 0.0556. The highest BCUT2D eigenvalue weighted by Crippen LogP contribution is 2.12. The zero-order valence-corrected chi connectivity index (χ0v) is 13.0. The van der Waals surface area contributed by atoms with Crippen molar-refractivity contribution in [3.8, 4) is 0 Å². The lowest BCUT2D eigenvalue weighted by atomic mass is 10.2. The van der Waals surface area contributed by atoms with Gasteiger partial charge in [0, 0.05) is 17.8 Å². The summed E-state index contributed by atoms with van der Waals surface area (Å²) in [5.74, 6) is -0.852. The molecule has 0 saturated carbocycles.